The number of carboxylic acids is 1. The van der Waals surface area contributed by atoms with Crippen LogP contribution in [-0.4, -0.2) is 48.7 Å². The van der Waals surface area contributed by atoms with Gasteiger partial charge in [0.2, 0.25) is 0 Å². The summed E-state index contributed by atoms with van der Waals surface area (Å²) < 4.78 is 14.4. The van der Waals surface area contributed by atoms with Crippen LogP contribution < -0.4 is 10.6 Å². The number of aliphatic hydroxyl groups excluding tert-OH is 1. The third-order valence-corrected chi connectivity index (χ3v) is 6.02. The molecular weight excluding hydrogens is 469 g/mol. The van der Waals surface area contributed by atoms with E-state index in [0.717, 1.165) is 0 Å². The number of aromatic nitrogens is 3. The number of halogens is 1. The van der Waals surface area contributed by atoms with Gasteiger partial charge < -0.3 is 20.8 Å². The first kappa shape index (κ1) is 23.1. The van der Waals surface area contributed by atoms with Crippen LogP contribution >= 0.6 is 0 Å². The standard InChI is InChI=1S/C25H20FN5O5/c26-16-4-1-13(2-5-16)12-27-23(33)18-11-19(31-21(29-18)7-8-28-31)24(34)30-22-17-6-3-14(25(35)36)9-15(17)10-20(22)32/h1-9,11,20,22,32H,10,12H2,(H,27,33)(H,30,34)(H,35,36)/t20-,22-/m1/s1. The highest BCUT2D eigenvalue weighted by atomic mass is 19.1. The van der Waals surface area contributed by atoms with Crippen LogP contribution in [0.15, 0.2) is 60.8 Å². The second-order valence-electron chi connectivity index (χ2n) is 8.38. The maximum absolute atomic E-state index is 13.3. The summed E-state index contributed by atoms with van der Waals surface area (Å²) in [5.41, 5.74) is 2.31. The van der Waals surface area contributed by atoms with Crippen molar-refractivity contribution >= 4 is 23.4 Å². The van der Waals surface area contributed by atoms with Gasteiger partial charge in [-0.1, -0.05) is 18.2 Å². The number of benzene rings is 2. The summed E-state index contributed by atoms with van der Waals surface area (Å²) in [5, 5.41) is 29.3. The molecule has 182 valence electrons. The summed E-state index contributed by atoms with van der Waals surface area (Å²) >= 11 is 0. The van der Waals surface area contributed by atoms with E-state index in [0.29, 0.717) is 16.7 Å². The molecule has 2 heterocycles. The lowest BCUT2D eigenvalue weighted by molar-refractivity contribution is 0.0696. The Morgan fingerprint density at radius 3 is 2.58 bits per heavy atom. The number of fused-ring (bicyclic) bond motifs is 2. The summed E-state index contributed by atoms with van der Waals surface area (Å²) in [6, 6.07) is 12.2. The van der Waals surface area contributed by atoms with E-state index in [2.05, 4.69) is 20.7 Å². The summed E-state index contributed by atoms with van der Waals surface area (Å²) in [5.74, 6) is -2.60. The van der Waals surface area contributed by atoms with Gasteiger partial charge in [0.05, 0.1) is 23.9 Å². The number of hydrogen-bond donors (Lipinski definition) is 4. The first-order valence-corrected chi connectivity index (χ1v) is 11.0. The number of nitrogens with one attached hydrogen (secondary N) is 2. The second-order valence-corrected chi connectivity index (χ2v) is 8.38. The lowest BCUT2D eigenvalue weighted by atomic mass is 10.0. The molecule has 0 radical (unpaired) electrons. The van der Waals surface area contributed by atoms with Gasteiger partial charge in [0.25, 0.3) is 11.8 Å². The molecule has 1 aliphatic carbocycles. The Hall–Kier alpha value is -4.64. The van der Waals surface area contributed by atoms with Crippen molar-refractivity contribution in [3.05, 3.63) is 100 Å². The maximum atomic E-state index is 13.3. The van der Waals surface area contributed by atoms with Crippen molar-refractivity contribution in [2.24, 2.45) is 0 Å². The maximum Gasteiger partial charge on any atom is 0.335 e. The Kier molecular flexibility index (Phi) is 5.90. The zero-order valence-electron chi connectivity index (χ0n) is 18.7. The number of nitrogens with zero attached hydrogens (tertiary/aromatic N) is 3. The molecule has 2 aromatic heterocycles. The van der Waals surface area contributed by atoms with Gasteiger partial charge in [-0.05, 0) is 41.0 Å². The largest absolute Gasteiger partial charge is 0.478 e. The molecule has 1 aliphatic rings. The molecular formula is C25H20FN5O5. The van der Waals surface area contributed by atoms with E-state index in [1.807, 2.05) is 0 Å². The van der Waals surface area contributed by atoms with E-state index in [1.54, 1.807) is 24.3 Å². The lowest BCUT2D eigenvalue weighted by Crippen LogP contribution is -2.35. The number of carbonyl (C=O) groups excluding carboxylic acids is 2. The Balaban J connectivity index is 1.38. The average molecular weight is 489 g/mol. The van der Waals surface area contributed by atoms with Gasteiger partial charge in [-0.15, -0.1) is 0 Å². The van der Waals surface area contributed by atoms with Crippen LogP contribution in [0, 0.1) is 5.82 Å². The van der Waals surface area contributed by atoms with Crippen LogP contribution in [0.5, 0.6) is 0 Å². The van der Waals surface area contributed by atoms with Crippen molar-refractivity contribution < 1.29 is 29.0 Å². The van der Waals surface area contributed by atoms with Gasteiger partial charge in [-0.2, -0.15) is 5.10 Å². The Morgan fingerprint density at radius 2 is 1.83 bits per heavy atom. The molecule has 4 aromatic rings. The molecule has 10 nitrogen and oxygen atoms in total. The average Bonchev–Trinajstić information content (AvgIpc) is 3.46. The van der Waals surface area contributed by atoms with Crippen LogP contribution in [-0.2, 0) is 13.0 Å². The predicted molar refractivity (Wildman–Crippen MR) is 124 cm³/mol. The van der Waals surface area contributed by atoms with Crippen molar-refractivity contribution in [1.29, 1.82) is 0 Å². The molecule has 0 saturated heterocycles. The zero-order chi connectivity index (χ0) is 25.4. The topological polar surface area (TPSA) is 146 Å². The van der Waals surface area contributed by atoms with Gasteiger partial charge in [0.1, 0.15) is 17.2 Å². The summed E-state index contributed by atoms with van der Waals surface area (Å²) in [4.78, 5) is 41.5. The van der Waals surface area contributed by atoms with Gasteiger partial charge >= 0.3 is 5.97 Å². The van der Waals surface area contributed by atoms with Gasteiger partial charge in [-0.25, -0.2) is 18.7 Å². The minimum Gasteiger partial charge on any atom is -0.478 e. The highest BCUT2D eigenvalue weighted by Gasteiger charge is 2.33. The molecule has 0 fully saturated rings. The molecule has 4 N–H and O–H groups in total. The van der Waals surface area contributed by atoms with Crippen molar-refractivity contribution in [2.45, 2.75) is 25.1 Å². The van der Waals surface area contributed by atoms with E-state index < -0.39 is 29.9 Å². The van der Waals surface area contributed by atoms with Crippen LogP contribution in [0.1, 0.15) is 54.1 Å². The Morgan fingerprint density at radius 1 is 1.06 bits per heavy atom. The molecule has 0 saturated carbocycles. The summed E-state index contributed by atoms with van der Waals surface area (Å²) in [6.45, 7) is 0.135. The lowest BCUT2D eigenvalue weighted by Gasteiger charge is -2.18. The molecule has 0 spiro atoms. The third kappa shape index (κ3) is 4.39. The Bertz CT molecular complexity index is 1500. The van der Waals surface area contributed by atoms with Crippen molar-refractivity contribution in [2.75, 3.05) is 0 Å². The van der Waals surface area contributed by atoms with E-state index in [4.69, 9.17) is 0 Å². The molecule has 2 aromatic carbocycles. The van der Waals surface area contributed by atoms with Crippen LogP contribution in [0.2, 0.25) is 0 Å². The normalized spacial score (nSPS) is 16.5. The van der Waals surface area contributed by atoms with Crippen molar-refractivity contribution in [3.63, 3.8) is 0 Å². The summed E-state index contributed by atoms with van der Waals surface area (Å²) in [6.07, 6.45) is 0.666. The molecule has 0 aliphatic heterocycles. The monoisotopic (exact) mass is 489 g/mol. The molecule has 2 atom stereocenters. The van der Waals surface area contributed by atoms with Gasteiger partial charge in [0, 0.05) is 25.1 Å². The SMILES string of the molecule is O=C(O)c1ccc2c(c1)C[C@@H](O)[C@@H]2NC(=O)c1cc(C(=O)NCc2ccc(F)cc2)nc2ccnn12. The fourth-order valence-corrected chi connectivity index (χ4v) is 4.22. The summed E-state index contributed by atoms with van der Waals surface area (Å²) in [7, 11) is 0. The van der Waals surface area contributed by atoms with Crippen molar-refractivity contribution in [1.82, 2.24) is 25.2 Å². The first-order chi connectivity index (χ1) is 17.3. The third-order valence-electron chi connectivity index (χ3n) is 6.02. The minimum atomic E-state index is -1.08. The van der Waals surface area contributed by atoms with Crippen LogP contribution in [0.25, 0.3) is 5.65 Å². The zero-order valence-corrected chi connectivity index (χ0v) is 18.7. The number of carboxylic acid groups (broad SMARTS) is 1. The molecule has 0 bridgehead atoms. The quantitative estimate of drug-likeness (QED) is 0.324. The predicted octanol–water partition coefficient (Wildman–Crippen LogP) is 1.88. The number of amides is 2. The molecule has 11 heteroatoms. The van der Waals surface area contributed by atoms with Crippen LogP contribution in [0.4, 0.5) is 4.39 Å². The first-order valence-electron chi connectivity index (χ1n) is 11.0. The molecule has 36 heavy (non-hydrogen) atoms. The van der Waals surface area contributed by atoms with Gasteiger partial charge in [0.15, 0.2) is 5.65 Å². The van der Waals surface area contributed by atoms with Crippen molar-refractivity contribution in [3.8, 4) is 0 Å². The number of aromatic carboxylic acids is 1. The number of carbonyl (C=O) groups is 3. The van der Waals surface area contributed by atoms with E-state index in [9.17, 15) is 29.0 Å². The fraction of sp³-hybridized carbons (Fsp3) is 0.160. The highest BCUT2D eigenvalue weighted by Crippen LogP contribution is 2.32. The highest BCUT2D eigenvalue weighted by molar-refractivity contribution is 5.98. The molecule has 5 rings (SSSR count). The minimum absolute atomic E-state index is 0.0197. The fourth-order valence-electron chi connectivity index (χ4n) is 4.22. The Labute approximate surface area is 203 Å². The second kappa shape index (κ2) is 9.19. The van der Waals surface area contributed by atoms with Crippen LogP contribution in [0.3, 0.4) is 0 Å². The number of hydrogen-bond acceptors (Lipinski definition) is 6. The smallest absolute Gasteiger partial charge is 0.335 e. The van der Waals surface area contributed by atoms with E-state index in [-0.39, 0.29) is 41.4 Å². The molecule has 0 unspecified atom stereocenters. The number of aliphatic hydroxyl groups is 1. The van der Waals surface area contributed by atoms with E-state index in [1.165, 1.54) is 41.0 Å². The molecule has 2 amide bonds. The van der Waals surface area contributed by atoms with Gasteiger partial charge in [-0.3, -0.25) is 9.59 Å². The van der Waals surface area contributed by atoms with E-state index >= 15 is 0 Å². The number of rotatable bonds is 6.